The quantitative estimate of drug-likeness (QED) is 0.0306. The van der Waals surface area contributed by atoms with Crippen LogP contribution >= 0.6 is 0 Å². The minimum absolute atomic E-state index is 0.0424. The molecule has 88 heavy (non-hydrogen) atoms. The number of nitrogens with zero attached hydrogens (tertiary/aromatic N) is 8. The number of carboxylic acids is 2. The molecular formula is C66H70N10O12. The average Bonchev–Trinajstić information content (AvgIpc) is 1.79. The maximum atomic E-state index is 12.9. The number of carbonyl (C=O) groups excluding carboxylic acids is 4. The van der Waals surface area contributed by atoms with Crippen LogP contribution < -0.4 is 9.80 Å². The summed E-state index contributed by atoms with van der Waals surface area (Å²) in [4.78, 5) is 97.1. The lowest BCUT2D eigenvalue weighted by Gasteiger charge is -2.32. The molecule has 10 rings (SSSR count). The van der Waals surface area contributed by atoms with Crippen LogP contribution in [-0.2, 0) is 28.7 Å². The summed E-state index contributed by atoms with van der Waals surface area (Å²) in [5.41, 5.74) is 8.68. The normalized spacial score (nSPS) is 14.3. The fourth-order valence-electron chi connectivity index (χ4n) is 9.85. The van der Waals surface area contributed by atoms with Gasteiger partial charge in [0.25, 0.3) is 0 Å². The number of anilines is 2. The van der Waals surface area contributed by atoms with Gasteiger partial charge in [0.05, 0.1) is 72.4 Å². The maximum Gasteiger partial charge on any atom is 0.337 e. The second kappa shape index (κ2) is 29.7. The van der Waals surface area contributed by atoms with E-state index in [-0.39, 0.29) is 23.6 Å². The number of H-pyrrole nitrogens is 2. The zero-order valence-corrected chi connectivity index (χ0v) is 49.7. The largest absolute Gasteiger partial charge is 0.494 e. The topological polar surface area (TPSA) is 278 Å². The van der Waals surface area contributed by atoms with E-state index in [0.29, 0.717) is 81.3 Å². The second-order valence-corrected chi connectivity index (χ2v) is 21.0. The summed E-state index contributed by atoms with van der Waals surface area (Å²) < 4.78 is 9.67. The molecule has 6 N–H and O–H groups in total. The fourth-order valence-corrected chi connectivity index (χ4v) is 9.85. The number of benzene rings is 6. The van der Waals surface area contributed by atoms with Crippen LogP contribution in [0.1, 0.15) is 43.0 Å². The molecule has 2 aromatic heterocycles. The lowest BCUT2D eigenvalue weighted by Crippen LogP contribution is -2.48. The number of methoxy groups -OCH3 is 2. The summed E-state index contributed by atoms with van der Waals surface area (Å²) >= 11 is 0. The first kappa shape index (κ1) is 63.8. The van der Waals surface area contributed by atoms with Gasteiger partial charge in [0, 0.05) is 123 Å². The summed E-state index contributed by atoms with van der Waals surface area (Å²) in [6, 6.07) is 44.3. The average molecular weight is 1200 g/mol. The van der Waals surface area contributed by atoms with Crippen LogP contribution in [0.4, 0.5) is 22.7 Å². The first-order valence-corrected chi connectivity index (χ1v) is 28.1. The standard InChI is InChI=1S/2C31H33N5O4.C4H4O4/c2*1-34-15-17-36(18-16-34)20-27(37)35(2)24-12-10-23(11-13-24)32-29(21-7-5-4-6-8-21)28-25-14-9-22(31(39)40-3)19-26(25)33-30(28)38;5-3(6)1-2-4(7)8/h2*4-14,19,33,38H,15-18,20H2,1-3H3;1-2H,(H,5,6)(H,7,8)/b;;2-1+. The molecule has 22 heteroatoms. The third-order valence-corrected chi connectivity index (χ3v) is 14.9. The van der Waals surface area contributed by atoms with E-state index in [9.17, 15) is 39.0 Å². The van der Waals surface area contributed by atoms with E-state index >= 15 is 0 Å². The summed E-state index contributed by atoms with van der Waals surface area (Å²) in [6.45, 7) is 8.18. The molecule has 0 saturated carbocycles. The minimum Gasteiger partial charge on any atom is -0.494 e. The third kappa shape index (κ3) is 16.4. The number of likely N-dealkylation sites (N-methyl/N-ethyl adjacent to an activating group) is 4. The van der Waals surface area contributed by atoms with Crippen LogP contribution in [0.25, 0.3) is 21.8 Å². The molecule has 0 unspecified atom stereocenters. The van der Waals surface area contributed by atoms with E-state index in [2.05, 4.69) is 43.7 Å². The Morgan fingerprint density at radius 2 is 0.830 bits per heavy atom. The van der Waals surface area contributed by atoms with Gasteiger partial charge in [0.1, 0.15) is 0 Å². The number of nitrogens with one attached hydrogen (secondary N) is 2. The molecule has 0 radical (unpaired) electrons. The number of aromatic nitrogens is 2. The molecule has 2 aliphatic heterocycles. The van der Waals surface area contributed by atoms with E-state index in [1.54, 1.807) is 60.3 Å². The summed E-state index contributed by atoms with van der Waals surface area (Å²) in [6.07, 6.45) is 1.12. The number of esters is 2. The van der Waals surface area contributed by atoms with Crippen molar-refractivity contribution in [3.63, 3.8) is 0 Å². The van der Waals surface area contributed by atoms with E-state index in [0.717, 1.165) is 85.6 Å². The fraction of sp³-hybridized carbons (Fsp3) is 0.242. The van der Waals surface area contributed by atoms with Crippen molar-refractivity contribution in [2.45, 2.75) is 0 Å². The van der Waals surface area contributed by atoms with Crippen LogP contribution in [0, 0.1) is 0 Å². The predicted molar refractivity (Wildman–Crippen MR) is 338 cm³/mol. The highest BCUT2D eigenvalue weighted by Gasteiger charge is 2.25. The number of aromatic amines is 2. The Bertz CT molecular complexity index is 3610. The number of hydrogen-bond acceptors (Lipinski definition) is 16. The number of piperazine rings is 2. The molecule has 2 fully saturated rings. The number of carbonyl (C=O) groups is 6. The van der Waals surface area contributed by atoms with Crippen molar-refractivity contribution in [3.8, 4) is 11.8 Å². The minimum atomic E-state index is -1.26. The van der Waals surface area contributed by atoms with E-state index < -0.39 is 23.9 Å². The molecule has 22 nitrogen and oxygen atoms in total. The van der Waals surface area contributed by atoms with Gasteiger partial charge >= 0.3 is 23.9 Å². The Balaban J connectivity index is 0.000000203. The number of carboxylic acid groups (broad SMARTS) is 2. The van der Waals surface area contributed by atoms with E-state index in [4.69, 9.17) is 29.7 Å². The van der Waals surface area contributed by atoms with Gasteiger partial charge in [-0.15, -0.1) is 0 Å². The SMILES string of the molecule is COC(=O)c1ccc2c(C(=Nc3ccc(N(C)C(=O)CN4CCN(C)CC4)cc3)c3ccccc3)c(O)[nH]c2c1.COC(=O)c1ccc2c(C(=Nc3ccc(N(C)C(=O)CN4CCN(C)CC4)cc3)c3ccccc3)c(O)[nH]c2c1.O=C(O)/C=C/C(=O)O. The molecule has 0 aliphatic carbocycles. The third-order valence-electron chi connectivity index (χ3n) is 14.9. The summed E-state index contributed by atoms with van der Waals surface area (Å²) in [7, 11) is 10.4. The Labute approximate surface area is 508 Å². The molecule has 0 atom stereocenters. The first-order chi connectivity index (χ1) is 42.3. The Morgan fingerprint density at radius 3 is 1.15 bits per heavy atom. The Kier molecular flexibility index (Phi) is 21.5. The molecule has 0 bridgehead atoms. The molecule has 6 aromatic carbocycles. The van der Waals surface area contributed by atoms with E-state index in [1.165, 1.54) is 14.2 Å². The molecule has 2 aliphatic rings. The van der Waals surface area contributed by atoms with Crippen molar-refractivity contribution in [2.75, 3.05) is 118 Å². The number of hydrogen-bond donors (Lipinski definition) is 6. The number of ether oxygens (including phenoxy) is 2. The summed E-state index contributed by atoms with van der Waals surface area (Å²) in [5.74, 6) is -3.44. The lowest BCUT2D eigenvalue weighted by atomic mass is 10.00. The van der Waals surface area contributed by atoms with Crippen molar-refractivity contribution in [2.24, 2.45) is 9.98 Å². The lowest BCUT2D eigenvalue weighted by molar-refractivity contribution is -0.134. The molecule has 456 valence electrons. The molecule has 4 heterocycles. The zero-order valence-electron chi connectivity index (χ0n) is 49.7. The van der Waals surface area contributed by atoms with Crippen molar-refractivity contribution in [1.29, 1.82) is 0 Å². The van der Waals surface area contributed by atoms with Gasteiger partial charge in [-0.05, 0) is 86.9 Å². The Hall–Kier alpha value is -10.3. The van der Waals surface area contributed by atoms with Crippen molar-refractivity contribution >= 4 is 91.7 Å². The number of rotatable bonds is 16. The molecule has 2 saturated heterocycles. The van der Waals surface area contributed by atoms with Crippen molar-refractivity contribution in [3.05, 3.63) is 191 Å². The van der Waals surface area contributed by atoms with Crippen LogP contribution in [0.15, 0.2) is 168 Å². The van der Waals surface area contributed by atoms with Crippen LogP contribution in [0.3, 0.4) is 0 Å². The zero-order chi connectivity index (χ0) is 63.0. The van der Waals surface area contributed by atoms with Gasteiger partial charge in [-0.3, -0.25) is 19.4 Å². The van der Waals surface area contributed by atoms with Crippen LogP contribution in [0.5, 0.6) is 11.8 Å². The number of aliphatic carboxylic acids is 2. The van der Waals surface area contributed by atoms with Gasteiger partial charge in [0.15, 0.2) is 11.8 Å². The number of fused-ring (bicyclic) bond motifs is 2. The second-order valence-electron chi connectivity index (χ2n) is 21.0. The van der Waals surface area contributed by atoms with Crippen molar-refractivity contribution < 1.29 is 58.7 Å². The highest BCUT2D eigenvalue weighted by Crippen LogP contribution is 2.35. The monoisotopic (exact) mass is 1190 g/mol. The van der Waals surface area contributed by atoms with Crippen molar-refractivity contribution in [1.82, 2.24) is 29.6 Å². The molecule has 2 amide bonds. The number of aromatic hydroxyl groups is 2. The van der Waals surface area contributed by atoms with E-state index in [1.807, 2.05) is 109 Å². The number of amides is 2. The maximum absolute atomic E-state index is 12.9. The molecule has 0 spiro atoms. The molecule has 8 aromatic rings. The Morgan fingerprint density at radius 1 is 0.489 bits per heavy atom. The van der Waals surface area contributed by atoms with Gasteiger partial charge in [-0.25, -0.2) is 29.2 Å². The highest BCUT2D eigenvalue weighted by atomic mass is 16.5. The smallest absolute Gasteiger partial charge is 0.337 e. The van der Waals surface area contributed by atoms with Crippen LogP contribution in [-0.4, -0.2) is 205 Å². The summed E-state index contributed by atoms with van der Waals surface area (Å²) in [5, 5.41) is 39.0. The predicted octanol–water partition coefficient (Wildman–Crippen LogP) is 7.79. The first-order valence-electron chi connectivity index (χ1n) is 28.1. The van der Waals surface area contributed by atoms with Gasteiger partial charge in [-0.1, -0.05) is 72.8 Å². The van der Waals surface area contributed by atoms with Gasteiger partial charge in [0.2, 0.25) is 11.8 Å². The van der Waals surface area contributed by atoms with Crippen LogP contribution in [0.2, 0.25) is 0 Å². The van der Waals surface area contributed by atoms with Gasteiger partial charge in [-0.2, -0.15) is 0 Å². The molecular weight excluding hydrogens is 1120 g/mol. The highest BCUT2D eigenvalue weighted by molar-refractivity contribution is 6.23. The van der Waals surface area contributed by atoms with Gasteiger partial charge < -0.3 is 59.5 Å². The number of aliphatic imine (C=N–C) groups is 2.